The van der Waals surface area contributed by atoms with Gasteiger partial charge in [-0.05, 0) is 25.3 Å². The number of hydrogen-bond donors (Lipinski definition) is 2. The van der Waals surface area contributed by atoms with Crippen molar-refractivity contribution in [3.63, 3.8) is 0 Å². The SMILES string of the molecule is CNC(=O)C[C](C)CCCCCN. The molecule has 13 heavy (non-hydrogen) atoms. The van der Waals surface area contributed by atoms with Gasteiger partial charge in [0.05, 0.1) is 0 Å². The van der Waals surface area contributed by atoms with Crippen molar-refractivity contribution in [2.45, 2.75) is 39.0 Å². The van der Waals surface area contributed by atoms with Crippen LogP contribution in [0.3, 0.4) is 0 Å². The monoisotopic (exact) mass is 185 g/mol. The lowest BCUT2D eigenvalue weighted by molar-refractivity contribution is -0.120. The van der Waals surface area contributed by atoms with E-state index < -0.39 is 0 Å². The number of carbonyl (C=O) groups is 1. The van der Waals surface area contributed by atoms with Crippen LogP contribution in [0.4, 0.5) is 0 Å². The fraction of sp³-hybridized carbons (Fsp3) is 0.800. The molecule has 0 bridgehead atoms. The highest BCUT2D eigenvalue weighted by Crippen LogP contribution is 2.14. The van der Waals surface area contributed by atoms with E-state index in [1.807, 2.05) is 6.92 Å². The minimum Gasteiger partial charge on any atom is -0.359 e. The van der Waals surface area contributed by atoms with Crippen LogP contribution in [0.1, 0.15) is 39.0 Å². The molecule has 0 aliphatic carbocycles. The van der Waals surface area contributed by atoms with Crippen molar-refractivity contribution in [1.82, 2.24) is 5.32 Å². The van der Waals surface area contributed by atoms with Gasteiger partial charge in [0, 0.05) is 13.5 Å². The third kappa shape index (κ3) is 7.78. The highest BCUT2D eigenvalue weighted by molar-refractivity contribution is 5.77. The first-order valence-electron chi connectivity index (χ1n) is 4.92. The molecular formula is C10H21N2O. The molecule has 0 rings (SSSR count). The zero-order chi connectivity index (χ0) is 10.1. The van der Waals surface area contributed by atoms with Crippen molar-refractivity contribution >= 4 is 5.91 Å². The highest BCUT2D eigenvalue weighted by atomic mass is 16.1. The Morgan fingerprint density at radius 2 is 2.00 bits per heavy atom. The van der Waals surface area contributed by atoms with Crippen molar-refractivity contribution in [1.29, 1.82) is 0 Å². The molecule has 1 amide bonds. The molecule has 0 atom stereocenters. The third-order valence-electron chi connectivity index (χ3n) is 2.05. The molecule has 3 nitrogen and oxygen atoms in total. The molecule has 0 aromatic carbocycles. The summed E-state index contributed by atoms with van der Waals surface area (Å²) in [5.41, 5.74) is 5.38. The smallest absolute Gasteiger partial charge is 0.220 e. The van der Waals surface area contributed by atoms with Crippen LogP contribution in [-0.2, 0) is 4.79 Å². The lowest BCUT2D eigenvalue weighted by Crippen LogP contribution is -2.19. The first-order chi connectivity index (χ1) is 6.20. The molecule has 0 aromatic heterocycles. The van der Waals surface area contributed by atoms with Crippen LogP contribution < -0.4 is 11.1 Å². The van der Waals surface area contributed by atoms with Gasteiger partial charge in [-0.2, -0.15) is 0 Å². The van der Waals surface area contributed by atoms with Crippen LogP contribution in [0, 0.1) is 5.92 Å². The van der Waals surface area contributed by atoms with Crippen molar-refractivity contribution in [3.8, 4) is 0 Å². The molecule has 0 saturated carbocycles. The van der Waals surface area contributed by atoms with E-state index in [0.29, 0.717) is 6.42 Å². The number of nitrogens with two attached hydrogens (primary N) is 1. The Bertz CT molecular complexity index is 137. The largest absolute Gasteiger partial charge is 0.359 e. The van der Waals surface area contributed by atoms with Gasteiger partial charge in [0.2, 0.25) is 5.91 Å². The van der Waals surface area contributed by atoms with E-state index in [1.54, 1.807) is 7.05 Å². The molecule has 0 saturated heterocycles. The van der Waals surface area contributed by atoms with Gasteiger partial charge in [-0.3, -0.25) is 4.79 Å². The number of hydrogen-bond acceptors (Lipinski definition) is 2. The van der Waals surface area contributed by atoms with Gasteiger partial charge in [-0.25, -0.2) is 0 Å². The van der Waals surface area contributed by atoms with Crippen LogP contribution in [-0.4, -0.2) is 19.5 Å². The Hall–Kier alpha value is -0.570. The summed E-state index contributed by atoms with van der Waals surface area (Å²) in [6, 6.07) is 0. The lowest BCUT2D eigenvalue weighted by Gasteiger charge is -2.08. The second-order valence-electron chi connectivity index (χ2n) is 3.41. The van der Waals surface area contributed by atoms with E-state index in [9.17, 15) is 4.79 Å². The Labute approximate surface area is 81.1 Å². The van der Waals surface area contributed by atoms with E-state index in [-0.39, 0.29) is 5.91 Å². The zero-order valence-electron chi connectivity index (χ0n) is 8.73. The molecule has 0 aliphatic rings. The van der Waals surface area contributed by atoms with Crippen molar-refractivity contribution in [2.75, 3.05) is 13.6 Å². The summed E-state index contributed by atoms with van der Waals surface area (Å²) in [6.45, 7) is 2.81. The lowest BCUT2D eigenvalue weighted by atomic mass is 9.99. The number of rotatable bonds is 7. The summed E-state index contributed by atoms with van der Waals surface area (Å²) in [7, 11) is 1.67. The van der Waals surface area contributed by atoms with Crippen LogP contribution in [0.15, 0.2) is 0 Å². The first kappa shape index (κ1) is 12.4. The molecule has 0 aliphatic heterocycles. The van der Waals surface area contributed by atoms with Crippen LogP contribution in [0.25, 0.3) is 0 Å². The van der Waals surface area contributed by atoms with Gasteiger partial charge in [0.1, 0.15) is 0 Å². The maximum absolute atomic E-state index is 11.0. The number of nitrogens with one attached hydrogen (secondary N) is 1. The fourth-order valence-corrected chi connectivity index (χ4v) is 1.20. The molecule has 0 spiro atoms. The zero-order valence-corrected chi connectivity index (χ0v) is 8.73. The van der Waals surface area contributed by atoms with Crippen molar-refractivity contribution in [2.24, 2.45) is 5.73 Å². The van der Waals surface area contributed by atoms with Gasteiger partial charge in [0.25, 0.3) is 0 Å². The molecule has 3 N–H and O–H groups in total. The average Bonchev–Trinajstić information content (AvgIpc) is 2.12. The van der Waals surface area contributed by atoms with E-state index in [2.05, 4.69) is 5.32 Å². The quantitative estimate of drug-likeness (QED) is 0.586. The highest BCUT2D eigenvalue weighted by Gasteiger charge is 2.07. The molecule has 0 aromatic rings. The third-order valence-corrected chi connectivity index (χ3v) is 2.05. The van der Waals surface area contributed by atoms with E-state index in [4.69, 9.17) is 5.73 Å². The Morgan fingerprint density at radius 1 is 1.31 bits per heavy atom. The molecule has 0 fully saturated rings. The van der Waals surface area contributed by atoms with Gasteiger partial charge < -0.3 is 11.1 Å². The van der Waals surface area contributed by atoms with E-state index >= 15 is 0 Å². The summed E-state index contributed by atoms with van der Waals surface area (Å²) in [5, 5.41) is 2.62. The van der Waals surface area contributed by atoms with Gasteiger partial charge in [-0.15, -0.1) is 0 Å². The predicted molar refractivity (Wildman–Crippen MR) is 55.1 cm³/mol. The average molecular weight is 185 g/mol. The van der Waals surface area contributed by atoms with E-state index in [1.165, 1.54) is 12.3 Å². The standard InChI is InChI=1S/C10H21N2O/c1-9(8-10(13)12-2)6-4-3-5-7-11/h3-8,11H2,1-2H3,(H,12,13). The van der Waals surface area contributed by atoms with E-state index in [0.717, 1.165) is 25.8 Å². The summed E-state index contributed by atoms with van der Waals surface area (Å²) in [6.07, 6.45) is 5.03. The summed E-state index contributed by atoms with van der Waals surface area (Å²) in [4.78, 5) is 11.0. The first-order valence-corrected chi connectivity index (χ1v) is 4.92. The summed E-state index contributed by atoms with van der Waals surface area (Å²) >= 11 is 0. The second kappa shape index (κ2) is 8.05. The maximum Gasteiger partial charge on any atom is 0.220 e. The van der Waals surface area contributed by atoms with Gasteiger partial charge >= 0.3 is 0 Å². The molecule has 77 valence electrons. The Morgan fingerprint density at radius 3 is 2.54 bits per heavy atom. The molecule has 0 unspecified atom stereocenters. The topological polar surface area (TPSA) is 55.1 Å². The van der Waals surface area contributed by atoms with Crippen LogP contribution >= 0.6 is 0 Å². The minimum atomic E-state index is 0.108. The molecule has 0 heterocycles. The fourth-order valence-electron chi connectivity index (χ4n) is 1.20. The normalized spacial score (nSPS) is 10.5. The molecule has 1 radical (unpaired) electrons. The second-order valence-corrected chi connectivity index (χ2v) is 3.41. The summed E-state index contributed by atoms with van der Waals surface area (Å²) < 4.78 is 0. The van der Waals surface area contributed by atoms with Gasteiger partial charge in [-0.1, -0.05) is 19.8 Å². The van der Waals surface area contributed by atoms with Crippen molar-refractivity contribution in [3.05, 3.63) is 5.92 Å². The van der Waals surface area contributed by atoms with Crippen LogP contribution in [0.2, 0.25) is 0 Å². The summed E-state index contributed by atoms with van der Waals surface area (Å²) in [5.74, 6) is 1.37. The van der Waals surface area contributed by atoms with Crippen molar-refractivity contribution < 1.29 is 4.79 Å². The molecule has 3 heteroatoms. The Kier molecular flexibility index (Phi) is 7.69. The van der Waals surface area contributed by atoms with Gasteiger partial charge in [0.15, 0.2) is 0 Å². The van der Waals surface area contributed by atoms with Crippen LogP contribution in [0.5, 0.6) is 0 Å². The number of amides is 1. The Balaban J connectivity index is 3.29. The minimum absolute atomic E-state index is 0.108. The predicted octanol–water partition coefficient (Wildman–Crippen LogP) is 1.24. The maximum atomic E-state index is 11.0. The number of unbranched alkanes of at least 4 members (excludes halogenated alkanes) is 2. The number of carbonyl (C=O) groups excluding carboxylic acids is 1. The molecular weight excluding hydrogens is 164 g/mol.